The number of likely N-dealkylation sites (N-methyl/N-ethyl adjacent to an activating group) is 1. The molecule has 0 radical (unpaired) electrons. The number of carboxylic acid groups (broad SMARTS) is 2. The van der Waals surface area contributed by atoms with Gasteiger partial charge in [-0.1, -0.05) is 0 Å². The maximum Gasteiger partial charge on any atom is 0.328 e. The van der Waals surface area contributed by atoms with Gasteiger partial charge in [0.2, 0.25) is 0 Å². The minimum Gasteiger partial charge on any atom is -0.478 e. The average Bonchev–Trinajstić information content (AvgIpc) is 2.76. The van der Waals surface area contributed by atoms with E-state index in [1.807, 2.05) is 25.7 Å². The van der Waals surface area contributed by atoms with Crippen molar-refractivity contribution in [2.24, 2.45) is 0 Å². The molecule has 1 aromatic heterocycles. The monoisotopic (exact) mass is 311 g/mol. The standard InChI is InChI=1S/C10H17N3O.C4H4O4/c1-8-10(9(2)14)7-11-13(8)6-5-12(3)4;5-3(6)1-2-4(7)8/h7H,5-6H2,1-4H3;1-2H,(H,5,6)(H,7,8). The molecule has 0 spiro atoms. The Hall–Kier alpha value is -2.48. The van der Waals surface area contributed by atoms with Crippen molar-refractivity contribution in [2.75, 3.05) is 20.6 Å². The number of hydrogen-bond acceptors (Lipinski definition) is 5. The Kier molecular flexibility index (Phi) is 8.39. The van der Waals surface area contributed by atoms with Gasteiger partial charge in [0.05, 0.1) is 18.3 Å². The van der Waals surface area contributed by atoms with Crippen LogP contribution in [0.25, 0.3) is 0 Å². The van der Waals surface area contributed by atoms with E-state index in [2.05, 4.69) is 10.00 Å². The summed E-state index contributed by atoms with van der Waals surface area (Å²) in [5.74, 6) is -2.43. The molecule has 0 fully saturated rings. The van der Waals surface area contributed by atoms with E-state index in [0.29, 0.717) is 12.2 Å². The number of aromatic nitrogens is 2. The molecule has 1 heterocycles. The summed E-state index contributed by atoms with van der Waals surface area (Å²) in [7, 11) is 4.04. The quantitative estimate of drug-likeness (QED) is 0.586. The molecule has 0 aliphatic rings. The number of rotatable bonds is 6. The van der Waals surface area contributed by atoms with Gasteiger partial charge in [-0.3, -0.25) is 9.48 Å². The molecular formula is C14H21N3O5. The van der Waals surface area contributed by atoms with Crippen molar-refractivity contribution in [2.45, 2.75) is 20.4 Å². The third-order valence-electron chi connectivity index (χ3n) is 2.61. The Bertz CT molecular complexity index is 545. The molecule has 22 heavy (non-hydrogen) atoms. The normalized spacial score (nSPS) is 10.4. The predicted octanol–water partition coefficient (Wildman–Crippen LogP) is 0.668. The molecule has 0 atom stereocenters. The summed E-state index contributed by atoms with van der Waals surface area (Å²) >= 11 is 0. The number of aliphatic carboxylic acids is 2. The molecule has 0 saturated carbocycles. The van der Waals surface area contributed by atoms with Crippen LogP contribution < -0.4 is 0 Å². The predicted molar refractivity (Wildman–Crippen MR) is 79.9 cm³/mol. The number of carboxylic acids is 2. The molecule has 8 heteroatoms. The van der Waals surface area contributed by atoms with Crippen LogP contribution in [-0.4, -0.2) is 63.3 Å². The Labute approximate surface area is 128 Å². The van der Waals surface area contributed by atoms with Crippen molar-refractivity contribution in [1.29, 1.82) is 0 Å². The first-order valence-electron chi connectivity index (χ1n) is 6.47. The van der Waals surface area contributed by atoms with E-state index >= 15 is 0 Å². The highest BCUT2D eigenvalue weighted by Crippen LogP contribution is 2.07. The molecule has 1 aromatic rings. The molecule has 0 aliphatic heterocycles. The Morgan fingerprint density at radius 2 is 1.73 bits per heavy atom. The molecule has 0 saturated heterocycles. The highest BCUT2D eigenvalue weighted by molar-refractivity contribution is 5.94. The summed E-state index contributed by atoms with van der Waals surface area (Å²) < 4.78 is 1.87. The zero-order valence-corrected chi connectivity index (χ0v) is 13.1. The second-order valence-corrected chi connectivity index (χ2v) is 4.74. The van der Waals surface area contributed by atoms with Crippen LogP contribution in [0.2, 0.25) is 0 Å². The van der Waals surface area contributed by atoms with Gasteiger partial charge >= 0.3 is 11.9 Å². The summed E-state index contributed by atoms with van der Waals surface area (Å²) in [5.41, 5.74) is 1.68. The molecule has 1 rings (SSSR count). The van der Waals surface area contributed by atoms with Crippen molar-refractivity contribution in [3.8, 4) is 0 Å². The average molecular weight is 311 g/mol. The van der Waals surface area contributed by atoms with Crippen LogP contribution in [0.1, 0.15) is 23.0 Å². The molecule has 122 valence electrons. The smallest absolute Gasteiger partial charge is 0.328 e. The summed E-state index contributed by atoms with van der Waals surface area (Å²) in [6.45, 7) is 5.26. The number of ketones is 1. The number of carbonyl (C=O) groups excluding carboxylic acids is 1. The van der Waals surface area contributed by atoms with E-state index in [-0.39, 0.29) is 5.78 Å². The van der Waals surface area contributed by atoms with Gasteiger partial charge in [-0.05, 0) is 27.9 Å². The van der Waals surface area contributed by atoms with Gasteiger partial charge in [0, 0.05) is 24.4 Å². The van der Waals surface area contributed by atoms with Crippen LogP contribution in [-0.2, 0) is 16.1 Å². The lowest BCUT2D eigenvalue weighted by Crippen LogP contribution is -2.19. The van der Waals surface area contributed by atoms with Gasteiger partial charge in [-0.2, -0.15) is 5.10 Å². The molecule has 2 N–H and O–H groups in total. The molecule has 0 aromatic carbocycles. The summed E-state index contributed by atoms with van der Waals surface area (Å²) in [4.78, 5) is 32.4. The van der Waals surface area contributed by atoms with E-state index < -0.39 is 11.9 Å². The molecule has 8 nitrogen and oxygen atoms in total. The van der Waals surface area contributed by atoms with E-state index in [9.17, 15) is 14.4 Å². The lowest BCUT2D eigenvalue weighted by molar-refractivity contribution is -0.134. The molecule has 0 amide bonds. The maximum atomic E-state index is 11.2. The fraction of sp³-hybridized carbons (Fsp3) is 0.429. The Morgan fingerprint density at radius 1 is 1.23 bits per heavy atom. The summed E-state index contributed by atoms with van der Waals surface area (Å²) in [5, 5.41) is 19.8. The topological polar surface area (TPSA) is 113 Å². The van der Waals surface area contributed by atoms with Crippen LogP contribution in [0, 0.1) is 6.92 Å². The van der Waals surface area contributed by atoms with Gasteiger partial charge in [-0.25, -0.2) is 9.59 Å². The number of carbonyl (C=O) groups is 3. The first kappa shape index (κ1) is 19.5. The van der Waals surface area contributed by atoms with Crippen molar-refractivity contribution >= 4 is 17.7 Å². The Balaban J connectivity index is 0.000000472. The third kappa shape index (κ3) is 7.95. The summed E-state index contributed by atoms with van der Waals surface area (Å²) in [6, 6.07) is 0. The first-order chi connectivity index (χ1) is 10.1. The van der Waals surface area contributed by atoms with E-state index in [4.69, 9.17) is 10.2 Å². The fourth-order valence-corrected chi connectivity index (χ4v) is 1.45. The van der Waals surface area contributed by atoms with Crippen molar-refractivity contribution in [3.05, 3.63) is 29.6 Å². The van der Waals surface area contributed by atoms with Crippen molar-refractivity contribution < 1.29 is 24.6 Å². The lowest BCUT2D eigenvalue weighted by atomic mass is 10.2. The van der Waals surface area contributed by atoms with Crippen molar-refractivity contribution in [1.82, 2.24) is 14.7 Å². The molecule has 0 aliphatic carbocycles. The van der Waals surface area contributed by atoms with E-state index in [0.717, 1.165) is 24.3 Å². The highest BCUT2D eigenvalue weighted by atomic mass is 16.4. The van der Waals surface area contributed by atoms with Crippen molar-refractivity contribution in [3.63, 3.8) is 0 Å². The van der Waals surface area contributed by atoms with Crippen LogP contribution in [0.4, 0.5) is 0 Å². The van der Waals surface area contributed by atoms with Crippen LogP contribution in [0.5, 0.6) is 0 Å². The van der Waals surface area contributed by atoms with Gasteiger partial charge in [0.1, 0.15) is 0 Å². The Morgan fingerprint density at radius 3 is 2.05 bits per heavy atom. The minimum atomic E-state index is -1.26. The van der Waals surface area contributed by atoms with Gasteiger partial charge in [0.15, 0.2) is 5.78 Å². The number of hydrogen-bond donors (Lipinski definition) is 2. The number of nitrogens with zero attached hydrogens (tertiary/aromatic N) is 3. The van der Waals surface area contributed by atoms with Gasteiger partial charge in [0.25, 0.3) is 0 Å². The fourth-order valence-electron chi connectivity index (χ4n) is 1.45. The SMILES string of the molecule is CC(=O)c1cnn(CCN(C)C)c1C.O=C(O)C=CC(=O)O. The third-order valence-corrected chi connectivity index (χ3v) is 2.61. The van der Waals surface area contributed by atoms with E-state index in [1.54, 1.807) is 13.1 Å². The molecule has 0 unspecified atom stereocenters. The second-order valence-electron chi connectivity index (χ2n) is 4.74. The minimum absolute atomic E-state index is 0.0820. The number of Topliss-reactive ketones (excluding diaryl/α,β-unsaturated/α-hetero) is 1. The second kappa shape index (κ2) is 9.46. The highest BCUT2D eigenvalue weighted by Gasteiger charge is 2.09. The zero-order valence-electron chi connectivity index (χ0n) is 13.1. The summed E-state index contributed by atoms with van der Waals surface area (Å²) in [6.07, 6.45) is 2.76. The zero-order chi connectivity index (χ0) is 17.3. The maximum absolute atomic E-state index is 11.2. The largest absolute Gasteiger partial charge is 0.478 e. The van der Waals surface area contributed by atoms with Crippen LogP contribution in [0.15, 0.2) is 18.3 Å². The van der Waals surface area contributed by atoms with Gasteiger partial charge in [-0.15, -0.1) is 0 Å². The first-order valence-corrected chi connectivity index (χ1v) is 6.47. The van der Waals surface area contributed by atoms with Crippen LogP contribution in [0.3, 0.4) is 0 Å². The molecular weight excluding hydrogens is 290 g/mol. The van der Waals surface area contributed by atoms with E-state index in [1.165, 1.54) is 0 Å². The van der Waals surface area contributed by atoms with Crippen LogP contribution >= 0.6 is 0 Å². The lowest BCUT2D eigenvalue weighted by Gasteiger charge is -2.10. The molecule has 0 bridgehead atoms. The van der Waals surface area contributed by atoms with Gasteiger partial charge < -0.3 is 15.1 Å².